The molecule has 1 unspecified atom stereocenters. The predicted octanol–water partition coefficient (Wildman–Crippen LogP) is 2.66. The van der Waals surface area contributed by atoms with Crippen LogP contribution in [0.15, 0.2) is 24.3 Å². The second kappa shape index (κ2) is 6.21. The average molecular weight is 267 g/mol. The van der Waals surface area contributed by atoms with Crippen LogP contribution in [0, 0.1) is 0 Å². The Morgan fingerprint density at radius 1 is 1.50 bits per heavy atom. The minimum Gasteiger partial charge on any atom is -0.348 e. The molecule has 0 radical (unpaired) electrons. The Hall–Kier alpha value is -1.06. The molecule has 2 N–H and O–H groups in total. The molecule has 0 aliphatic carbocycles. The van der Waals surface area contributed by atoms with Crippen LogP contribution in [0.5, 0.6) is 0 Å². The summed E-state index contributed by atoms with van der Waals surface area (Å²) < 4.78 is 0. The molecule has 0 saturated carbocycles. The van der Waals surface area contributed by atoms with Crippen LogP contribution >= 0.6 is 11.6 Å². The van der Waals surface area contributed by atoms with Crippen molar-refractivity contribution >= 4 is 17.5 Å². The van der Waals surface area contributed by atoms with Crippen LogP contribution in [0.25, 0.3) is 0 Å². The lowest BCUT2D eigenvalue weighted by Crippen LogP contribution is -2.47. The molecule has 1 aliphatic heterocycles. The summed E-state index contributed by atoms with van der Waals surface area (Å²) in [6.45, 7) is 2.91. The van der Waals surface area contributed by atoms with Crippen LogP contribution in [-0.2, 0) is 4.79 Å². The number of nitrogens with one attached hydrogen (secondary N) is 2. The van der Waals surface area contributed by atoms with E-state index in [1.54, 1.807) is 0 Å². The number of hydrogen-bond donors (Lipinski definition) is 2. The molecule has 1 aromatic carbocycles. The summed E-state index contributed by atoms with van der Waals surface area (Å²) in [6.07, 6.45) is 3.21. The minimum atomic E-state index is -0.0413. The van der Waals surface area contributed by atoms with E-state index in [0.717, 1.165) is 31.4 Å². The van der Waals surface area contributed by atoms with Gasteiger partial charge < -0.3 is 10.6 Å². The summed E-state index contributed by atoms with van der Waals surface area (Å²) >= 11 is 5.95. The first kappa shape index (κ1) is 13.4. The Bertz CT molecular complexity index is 416. The summed E-state index contributed by atoms with van der Waals surface area (Å²) in [7, 11) is 0. The van der Waals surface area contributed by atoms with Crippen LogP contribution in [0.4, 0.5) is 0 Å². The van der Waals surface area contributed by atoms with E-state index in [4.69, 9.17) is 11.6 Å². The molecule has 3 nitrogen and oxygen atoms in total. The smallest absolute Gasteiger partial charge is 0.237 e. The molecule has 4 heteroatoms. The highest BCUT2D eigenvalue weighted by molar-refractivity contribution is 6.30. The van der Waals surface area contributed by atoms with Gasteiger partial charge in [0, 0.05) is 5.02 Å². The van der Waals surface area contributed by atoms with E-state index in [1.165, 1.54) is 0 Å². The average Bonchev–Trinajstić information content (AvgIpc) is 2.39. The van der Waals surface area contributed by atoms with E-state index in [2.05, 4.69) is 10.6 Å². The van der Waals surface area contributed by atoms with Crippen molar-refractivity contribution in [3.8, 4) is 0 Å². The molecule has 1 heterocycles. The van der Waals surface area contributed by atoms with Crippen molar-refractivity contribution in [2.24, 2.45) is 0 Å². The van der Waals surface area contributed by atoms with Gasteiger partial charge in [0.1, 0.15) is 0 Å². The lowest BCUT2D eigenvalue weighted by atomic mass is 10.0. The minimum absolute atomic E-state index is 0.0140. The highest BCUT2D eigenvalue weighted by Crippen LogP contribution is 2.18. The molecule has 98 valence electrons. The SMILES string of the molecule is C[C@@H](NC(=O)C1CCCCN1)c1cccc(Cl)c1. The van der Waals surface area contributed by atoms with Gasteiger partial charge in [-0.1, -0.05) is 30.2 Å². The zero-order valence-electron chi connectivity index (χ0n) is 10.6. The van der Waals surface area contributed by atoms with E-state index < -0.39 is 0 Å². The number of halogens is 1. The van der Waals surface area contributed by atoms with Crippen LogP contribution in [0.2, 0.25) is 5.02 Å². The molecule has 2 atom stereocenters. The van der Waals surface area contributed by atoms with Gasteiger partial charge in [0.25, 0.3) is 0 Å². The Balaban J connectivity index is 1.94. The number of amides is 1. The third kappa shape index (κ3) is 3.47. The van der Waals surface area contributed by atoms with Gasteiger partial charge in [-0.2, -0.15) is 0 Å². The second-order valence-corrected chi connectivity index (χ2v) is 5.22. The molecule has 0 bridgehead atoms. The van der Waals surface area contributed by atoms with Crippen molar-refractivity contribution in [1.29, 1.82) is 0 Å². The first-order valence-electron chi connectivity index (χ1n) is 6.46. The van der Waals surface area contributed by atoms with Crippen molar-refractivity contribution < 1.29 is 4.79 Å². The lowest BCUT2D eigenvalue weighted by molar-refractivity contribution is -0.124. The summed E-state index contributed by atoms with van der Waals surface area (Å²) in [4.78, 5) is 12.1. The van der Waals surface area contributed by atoms with Crippen LogP contribution in [-0.4, -0.2) is 18.5 Å². The summed E-state index contributed by atoms with van der Waals surface area (Å²) in [5.41, 5.74) is 1.03. The van der Waals surface area contributed by atoms with Gasteiger partial charge in [0.2, 0.25) is 5.91 Å². The first-order valence-corrected chi connectivity index (χ1v) is 6.84. The fraction of sp³-hybridized carbons (Fsp3) is 0.500. The fourth-order valence-electron chi connectivity index (χ4n) is 2.25. The molecular weight excluding hydrogens is 248 g/mol. The third-order valence-electron chi connectivity index (χ3n) is 3.33. The van der Waals surface area contributed by atoms with Crippen molar-refractivity contribution in [1.82, 2.24) is 10.6 Å². The number of benzene rings is 1. The van der Waals surface area contributed by atoms with Gasteiger partial charge in [0.05, 0.1) is 12.1 Å². The van der Waals surface area contributed by atoms with E-state index >= 15 is 0 Å². The summed E-state index contributed by atoms with van der Waals surface area (Å²) in [5.74, 6) is 0.0853. The molecule has 0 spiro atoms. The normalized spacial score (nSPS) is 21.3. The second-order valence-electron chi connectivity index (χ2n) is 4.79. The van der Waals surface area contributed by atoms with Gasteiger partial charge in [-0.05, 0) is 44.0 Å². The molecule has 1 saturated heterocycles. The molecule has 1 amide bonds. The predicted molar refractivity (Wildman–Crippen MR) is 73.7 cm³/mol. The Labute approximate surface area is 113 Å². The summed E-state index contributed by atoms with van der Waals surface area (Å²) in [6, 6.07) is 7.55. The van der Waals surface area contributed by atoms with E-state index in [0.29, 0.717) is 5.02 Å². The van der Waals surface area contributed by atoms with Crippen LogP contribution in [0.1, 0.15) is 37.8 Å². The zero-order chi connectivity index (χ0) is 13.0. The highest BCUT2D eigenvalue weighted by atomic mass is 35.5. The number of carbonyl (C=O) groups excluding carboxylic acids is 1. The van der Waals surface area contributed by atoms with Gasteiger partial charge in [0.15, 0.2) is 0 Å². The van der Waals surface area contributed by atoms with Gasteiger partial charge in [-0.3, -0.25) is 4.79 Å². The van der Waals surface area contributed by atoms with Crippen molar-refractivity contribution in [2.75, 3.05) is 6.54 Å². The van der Waals surface area contributed by atoms with E-state index in [1.807, 2.05) is 31.2 Å². The first-order chi connectivity index (χ1) is 8.66. The fourth-order valence-corrected chi connectivity index (χ4v) is 2.45. The Morgan fingerprint density at radius 3 is 3.00 bits per heavy atom. The van der Waals surface area contributed by atoms with E-state index in [-0.39, 0.29) is 18.0 Å². The van der Waals surface area contributed by atoms with Gasteiger partial charge in [-0.15, -0.1) is 0 Å². The maximum absolute atomic E-state index is 12.1. The number of hydrogen-bond acceptors (Lipinski definition) is 2. The van der Waals surface area contributed by atoms with E-state index in [9.17, 15) is 4.79 Å². The molecule has 1 aromatic rings. The zero-order valence-corrected chi connectivity index (χ0v) is 11.3. The highest BCUT2D eigenvalue weighted by Gasteiger charge is 2.21. The molecule has 0 aromatic heterocycles. The van der Waals surface area contributed by atoms with Crippen molar-refractivity contribution in [3.05, 3.63) is 34.9 Å². The molecular formula is C14H19ClN2O. The van der Waals surface area contributed by atoms with Gasteiger partial charge >= 0.3 is 0 Å². The van der Waals surface area contributed by atoms with Crippen LogP contribution in [0.3, 0.4) is 0 Å². The lowest BCUT2D eigenvalue weighted by Gasteiger charge is -2.24. The molecule has 2 rings (SSSR count). The topological polar surface area (TPSA) is 41.1 Å². The molecule has 1 fully saturated rings. The standard InChI is InChI=1S/C14H19ClN2O/c1-10(11-5-4-6-12(15)9-11)17-14(18)13-7-2-3-8-16-13/h4-6,9-10,13,16H,2-3,7-8H2,1H3,(H,17,18)/t10-,13?/m1/s1. The monoisotopic (exact) mass is 266 g/mol. The molecule has 1 aliphatic rings. The van der Waals surface area contributed by atoms with Gasteiger partial charge in [-0.25, -0.2) is 0 Å². The largest absolute Gasteiger partial charge is 0.348 e. The number of rotatable bonds is 3. The molecule has 18 heavy (non-hydrogen) atoms. The maximum atomic E-state index is 12.1. The number of carbonyl (C=O) groups is 1. The third-order valence-corrected chi connectivity index (χ3v) is 3.57. The number of piperidine rings is 1. The van der Waals surface area contributed by atoms with Crippen molar-refractivity contribution in [3.63, 3.8) is 0 Å². The maximum Gasteiger partial charge on any atom is 0.237 e. The Morgan fingerprint density at radius 2 is 2.33 bits per heavy atom. The van der Waals surface area contributed by atoms with Crippen molar-refractivity contribution in [2.45, 2.75) is 38.3 Å². The quantitative estimate of drug-likeness (QED) is 0.883. The summed E-state index contributed by atoms with van der Waals surface area (Å²) in [5, 5.41) is 6.98. The Kier molecular flexibility index (Phi) is 4.61. The van der Waals surface area contributed by atoms with Crippen LogP contribution < -0.4 is 10.6 Å².